The van der Waals surface area contributed by atoms with Gasteiger partial charge in [0.15, 0.2) is 0 Å². The van der Waals surface area contributed by atoms with Crippen LogP contribution in [-0.4, -0.2) is 17.0 Å². The molecule has 2 aromatic rings. The summed E-state index contributed by atoms with van der Waals surface area (Å²) >= 11 is 0. The zero-order chi connectivity index (χ0) is 22.7. The molecule has 0 heterocycles. The van der Waals surface area contributed by atoms with Gasteiger partial charge in [0.25, 0.3) is 0 Å². The van der Waals surface area contributed by atoms with Crippen LogP contribution in [0.2, 0.25) is 0 Å². The van der Waals surface area contributed by atoms with Gasteiger partial charge in [0.05, 0.1) is 5.97 Å². The Kier molecular flexibility index (Phi) is 16.5. The molecule has 0 saturated heterocycles. The number of carbonyl (C=O) groups excluding carboxylic acids is 2. The molecule has 0 bridgehead atoms. The molecule has 0 fully saturated rings. The second-order valence-corrected chi connectivity index (χ2v) is 8.16. The van der Waals surface area contributed by atoms with E-state index in [4.69, 9.17) is 0 Å². The van der Waals surface area contributed by atoms with Crippen molar-refractivity contribution in [3.63, 3.8) is 0 Å². The standard InChI is InChI=1S/C26H34O5.2Na/c1-2-3-6-11-21(14-9-5-10-15-24(27)28)26(31,22-12-7-4-8-13-22)23-18-16-20(17-19-23)25(29)30;;/h4,7-8,12-13,16-19,21,31H,2-3,5-6,9-11,14-15H2,1H3,(H,27,28)(H,29,30);;/q;2*+1/p-2. The molecular formula is C26H32Na2O5. The number of benzene rings is 2. The van der Waals surface area contributed by atoms with E-state index in [1.807, 2.05) is 30.3 Å². The smallest absolute Gasteiger partial charge is 0.550 e. The Labute approximate surface area is 241 Å². The third-order valence-corrected chi connectivity index (χ3v) is 5.96. The number of unbranched alkanes of at least 4 members (excludes halogenated alkanes) is 4. The largest absolute Gasteiger partial charge is 1.00 e. The van der Waals surface area contributed by atoms with Crippen LogP contribution in [0.25, 0.3) is 0 Å². The summed E-state index contributed by atoms with van der Waals surface area (Å²) in [6.07, 6.45) is 6.85. The van der Waals surface area contributed by atoms with Crippen LogP contribution in [0.4, 0.5) is 0 Å². The van der Waals surface area contributed by atoms with Crippen molar-refractivity contribution in [2.45, 2.75) is 70.3 Å². The summed E-state index contributed by atoms with van der Waals surface area (Å²) < 4.78 is 0. The fourth-order valence-electron chi connectivity index (χ4n) is 4.23. The predicted molar refractivity (Wildman–Crippen MR) is 116 cm³/mol. The van der Waals surface area contributed by atoms with Crippen LogP contribution in [0, 0.1) is 5.92 Å². The Balaban J connectivity index is 0.00000512. The normalized spacial score (nSPS) is 13.2. The molecule has 33 heavy (non-hydrogen) atoms. The van der Waals surface area contributed by atoms with E-state index in [0.717, 1.165) is 50.5 Å². The molecule has 2 atom stereocenters. The maximum atomic E-state index is 12.1. The Morgan fingerprint density at radius 3 is 1.88 bits per heavy atom. The van der Waals surface area contributed by atoms with E-state index in [1.54, 1.807) is 12.1 Å². The summed E-state index contributed by atoms with van der Waals surface area (Å²) in [5, 5.41) is 34.0. The molecule has 1 N–H and O–H groups in total. The van der Waals surface area contributed by atoms with Gasteiger partial charge in [0.2, 0.25) is 0 Å². The first-order valence-corrected chi connectivity index (χ1v) is 11.2. The van der Waals surface area contributed by atoms with Crippen molar-refractivity contribution in [1.29, 1.82) is 0 Å². The van der Waals surface area contributed by atoms with Crippen molar-refractivity contribution in [1.82, 2.24) is 0 Å². The van der Waals surface area contributed by atoms with Gasteiger partial charge in [-0.2, -0.15) is 0 Å². The van der Waals surface area contributed by atoms with Crippen molar-refractivity contribution < 1.29 is 84.0 Å². The number of carboxylic acids is 2. The van der Waals surface area contributed by atoms with Crippen LogP contribution >= 0.6 is 0 Å². The summed E-state index contributed by atoms with van der Waals surface area (Å²) in [4.78, 5) is 21.8. The average Bonchev–Trinajstić information content (AvgIpc) is 2.77. The van der Waals surface area contributed by atoms with Gasteiger partial charge in [-0.3, -0.25) is 0 Å². The van der Waals surface area contributed by atoms with Crippen LogP contribution in [-0.2, 0) is 10.4 Å². The molecule has 5 nitrogen and oxygen atoms in total. The number of carboxylic acid groups (broad SMARTS) is 2. The SMILES string of the molecule is CCCCCC(CCCCCC(=O)[O-])C(O)(c1ccccc1)c1ccc(C(=O)[O-])cc1.[Na+].[Na+]. The first-order chi connectivity index (χ1) is 14.9. The molecule has 0 saturated carbocycles. The summed E-state index contributed by atoms with van der Waals surface area (Å²) in [6.45, 7) is 2.14. The number of rotatable bonds is 14. The van der Waals surface area contributed by atoms with Crippen LogP contribution in [0.3, 0.4) is 0 Å². The number of hydrogen-bond acceptors (Lipinski definition) is 5. The van der Waals surface area contributed by atoms with E-state index in [1.165, 1.54) is 12.1 Å². The minimum atomic E-state index is -1.27. The predicted octanol–water partition coefficient (Wildman–Crippen LogP) is -2.81. The summed E-state index contributed by atoms with van der Waals surface area (Å²) in [7, 11) is 0. The first-order valence-electron chi connectivity index (χ1n) is 11.2. The van der Waals surface area contributed by atoms with Crippen molar-refractivity contribution in [3.8, 4) is 0 Å². The third-order valence-electron chi connectivity index (χ3n) is 5.96. The molecule has 0 aromatic heterocycles. The molecule has 0 radical (unpaired) electrons. The number of hydrogen-bond donors (Lipinski definition) is 1. The van der Waals surface area contributed by atoms with Crippen LogP contribution < -0.4 is 69.3 Å². The number of carbonyl (C=O) groups is 2. The fraction of sp³-hybridized carbons (Fsp3) is 0.462. The molecule has 2 unspecified atom stereocenters. The maximum absolute atomic E-state index is 12.1. The molecule has 0 aliphatic rings. The average molecular weight is 471 g/mol. The molecular weight excluding hydrogens is 438 g/mol. The van der Waals surface area contributed by atoms with Gasteiger partial charge in [-0.25, -0.2) is 0 Å². The topological polar surface area (TPSA) is 100 Å². The number of aliphatic hydroxyl groups is 1. The Hall–Kier alpha value is -0.660. The zero-order valence-corrected chi connectivity index (χ0v) is 24.2. The van der Waals surface area contributed by atoms with Gasteiger partial charge in [-0.05, 0) is 48.3 Å². The molecule has 0 amide bonds. The van der Waals surface area contributed by atoms with E-state index in [9.17, 15) is 24.9 Å². The van der Waals surface area contributed by atoms with Gasteiger partial charge in [-0.15, -0.1) is 0 Å². The molecule has 7 heteroatoms. The van der Waals surface area contributed by atoms with Crippen LogP contribution in [0.1, 0.15) is 86.2 Å². The van der Waals surface area contributed by atoms with E-state index in [0.29, 0.717) is 12.0 Å². The minimum Gasteiger partial charge on any atom is -0.550 e. The monoisotopic (exact) mass is 470 g/mol. The molecule has 168 valence electrons. The summed E-state index contributed by atoms with van der Waals surface area (Å²) in [6, 6.07) is 15.8. The van der Waals surface area contributed by atoms with E-state index < -0.39 is 17.5 Å². The Morgan fingerprint density at radius 2 is 1.36 bits per heavy atom. The zero-order valence-electron chi connectivity index (χ0n) is 20.2. The molecule has 0 aliphatic heterocycles. The van der Waals surface area contributed by atoms with Gasteiger partial charge >= 0.3 is 59.1 Å². The second kappa shape index (κ2) is 16.9. The second-order valence-electron chi connectivity index (χ2n) is 8.16. The van der Waals surface area contributed by atoms with Gasteiger partial charge < -0.3 is 24.9 Å². The molecule has 2 aromatic carbocycles. The van der Waals surface area contributed by atoms with E-state index in [2.05, 4.69) is 6.92 Å². The van der Waals surface area contributed by atoms with Crippen LogP contribution in [0.5, 0.6) is 0 Å². The van der Waals surface area contributed by atoms with Crippen molar-refractivity contribution >= 4 is 11.9 Å². The summed E-state index contributed by atoms with van der Waals surface area (Å²) in [5.74, 6) is -2.37. The van der Waals surface area contributed by atoms with Gasteiger partial charge in [0.1, 0.15) is 5.60 Å². The fourth-order valence-corrected chi connectivity index (χ4v) is 4.23. The van der Waals surface area contributed by atoms with Crippen molar-refractivity contribution in [2.75, 3.05) is 0 Å². The van der Waals surface area contributed by atoms with Crippen molar-refractivity contribution in [3.05, 3.63) is 71.3 Å². The van der Waals surface area contributed by atoms with Gasteiger partial charge in [-0.1, -0.05) is 93.6 Å². The van der Waals surface area contributed by atoms with Gasteiger partial charge in [0, 0.05) is 5.97 Å². The number of aromatic carboxylic acids is 1. The molecule has 0 spiro atoms. The quantitative estimate of drug-likeness (QED) is 0.237. The Bertz CT molecular complexity index is 826. The summed E-state index contributed by atoms with van der Waals surface area (Å²) in [5.41, 5.74) is 0.227. The first kappa shape index (κ1) is 32.3. The molecule has 2 rings (SSSR count). The minimum absolute atomic E-state index is 0. The molecule has 0 aliphatic carbocycles. The van der Waals surface area contributed by atoms with E-state index >= 15 is 0 Å². The Morgan fingerprint density at radius 1 is 0.818 bits per heavy atom. The van der Waals surface area contributed by atoms with Crippen molar-refractivity contribution in [2.24, 2.45) is 5.92 Å². The van der Waals surface area contributed by atoms with E-state index in [-0.39, 0.29) is 77.0 Å². The van der Waals surface area contributed by atoms with Crippen LogP contribution in [0.15, 0.2) is 54.6 Å². The third kappa shape index (κ3) is 9.85. The maximum Gasteiger partial charge on any atom is 1.00 e. The number of aliphatic carboxylic acids is 1.